The zero-order valence-corrected chi connectivity index (χ0v) is 20.0. The third-order valence-electron chi connectivity index (χ3n) is 5.75. The number of carbonyl (C=O) groups is 2. The number of carbonyl (C=O) groups excluding carboxylic acids is 2. The molecule has 4 rings (SSSR count). The second-order valence-electron chi connectivity index (χ2n) is 8.21. The van der Waals surface area contributed by atoms with Crippen LogP contribution in [0.3, 0.4) is 0 Å². The van der Waals surface area contributed by atoms with E-state index in [9.17, 15) is 9.59 Å². The van der Waals surface area contributed by atoms with E-state index in [1.54, 1.807) is 31.2 Å². The highest BCUT2D eigenvalue weighted by Crippen LogP contribution is 2.37. The van der Waals surface area contributed by atoms with Gasteiger partial charge in [-0.3, -0.25) is 0 Å². The lowest BCUT2D eigenvalue weighted by molar-refractivity contribution is -0.265. The van der Waals surface area contributed by atoms with Crippen molar-refractivity contribution >= 4 is 12.1 Å². The van der Waals surface area contributed by atoms with Gasteiger partial charge >= 0.3 is 12.1 Å². The van der Waals surface area contributed by atoms with Crippen molar-refractivity contribution in [2.45, 2.75) is 50.3 Å². The van der Waals surface area contributed by atoms with Crippen LogP contribution in [0.5, 0.6) is 0 Å². The molecule has 2 saturated heterocycles. The van der Waals surface area contributed by atoms with Crippen LogP contribution in [0.15, 0.2) is 73.3 Å². The van der Waals surface area contributed by atoms with Crippen molar-refractivity contribution in [3.05, 3.63) is 84.4 Å². The first-order valence-electron chi connectivity index (χ1n) is 11.8. The first-order valence-corrected chi connectivity index (χ1v) is 11.8. The summed E-state index contributed by atoms with van der Waals surface area (Å²) in [4.78, 5) is 25.4. The van der Waals surface area contributed by atoms with Crippen LogP contribution in [0, 0.1) is 0 Å². The van der Waals surface area contributed by atoms with Gasteiger partial charge in [0.15, 0.2) is 18.5 Å². The zero-order chi connectivity index (χ0) is 25.3. The topological polar surface area (TPSA) is 98.8 Å². The van der Waals surface area contributed by atoms with Gasteiger partial charge in [0.05, 0.1) is 19.8 Å². The van der Waals surface area contributed by atoms with Crippen molar-refractivity contribution in [2.24, 2.45) is 0 Å². The first-order chi connectivity index (χ1) is 17.6. The van der Waals surface area contributed by atoms with Crippen LogP contribution in [0.4, 0.5) is 4.79 Å². The van der Waals surface area contributed by atoms with Crippen LogP contribution in [-0.2, 0) is 44.6 Å². The summed E-state index contributed by atoms with van der Waals surface area (Å²) in [6.45, 7) is 5.85. The average molecular weight is 499 g/mol. The second kappa shape index (κ2) is 12.6. The Morgan fingerprint density at radius 3 is 2.44 bits per heavy atom. The number of hydrogen-bond donors (Lipinski definition) is 0. The Kier molecular flexibility index (Phi) is 9.07. The molecule has 9 nitrogen and oxygen atoms in total. The lowest BCUT2D eigenvalue weighted by Gasteiger charge is -2.40. The Balaban J connectivity index is 1.61. The minimum atomic E-state index is -1.11. The van der Waals surface area contributed by atoms with Crippen molar-refractivity contribution < 1.29 is 42.7 Å². The van der Waals surface area contributed by atoms with E-state index in [0.717, 1.165) is 5.56 Å². The molecule has 192 valence electrons. The number of hydrogen-bond acceptors (Lipinski definition) is 9. The zero-order valence-electron chi connectivity index (χ0n) is 20.0. The van der Waals surface area contributed by atoms with Gasteiger partial charge in [-0.2, -0.15) is 0 Å². The van der Waals surface area contributed by atoms with Crippen LogP contribution in [0.1, 0.15) is 24.2 Å². The molecule has 2 aromatic rings. The molecule has 0 amide bonds. The molecular formula is C27H30O9. The standard InChI is InChI=1S/C27H30O9/c1-3-15-31-27(29)36-23-22(32-16-18-11-7-5-8-12-18)20-17-33-26(34-20)24(23)35-21(25(28)30-4-2)19-13-9-6-10-14-19/h3,5-14,20-24,26H,1,4,15-17H2,2H3/t20-,21+,22-,23+,24-,26-/m1/s1. The first kappa shape index (κ1) is 25.8. The van der Waals surface area contributed by atoms with E-state index in [1.165, 1.54) is 6.08 Å². The van der Waals surface area contributed by atoms with Gasteiger partial charge in [-0.1, -0.05) is 73.3 Å². The molecule has 2 aliphatic rings. The molecule has 2 heterocycles. The van der Waals surface area contributed by atoms with Gasteiger partial charge in [-0.25, -0.2) is 9.59 Å². The van der Waals surface area contributed by atoms with E-state index in [-0.39, 0.29) is 26.4 Å². The van der Waals surface area contributed by atoms with E-state index >= 15 is 0 Å². The number of rotatable bonds is 11. The SMILES string of the molecule is C=CCOC(=O)O[C@@H]1[C@@H](O[C@H](C(=O)OCC)c2ccccc2)[C@@H]2OC[C@@H](O2)[C@H]1OCc1ccccc1. The number of ether oxygens (including phenoxy) is 7. The van der Waals surface area contributed by atoms with Crippen LogP contribution in [0.25, 0.3) is 0 Å². The summed E-state index contributed by atoms with van der Waals surface area (Å²) in [5.74, 6) is -0.585. The number of esters is 1. The Bertz CT molecular complexity index is 997. The Morgan fingerprint density at radius 2 is 1.75 bits per heavy atom. The number of benzene rings is 2. The molecule has 6 atom stereocenters. The van der Waals surface area contributed by atoms with E-state index in [4.69, 9.17) is 33.2 Å². The van der Waals surface area contributed by atoms with Gasteiger partial charge < -0.3 is 33.2 Å². The molecule has 2 aromatic carbocycles. The summed E-state index contributed by atoms with van der Waals surface area (Å²) < 4.78 is 40.3. The highest BCUT2D eigenvalue weighted by Gasteiger charge is 2.55. The van der Waals surface area contributed by atoms with Crippen molar-refractivity contribution in [1.82, 2.24) is 0 Å². The van der Waals surface area contributed by atoms with Crippen LogP contribution in [0.2, 0.25) is 0 Å². The summed E-state index contributed by atoms with van der Waals surface area (Å²) >= 11 is 0. The van der Waals surface area contributed by atoms with Crippen LogP contribution >= 0.6 is 0 Å². The molecule has 2 fully saturated rings. The molecule has 0 radical (unpaired) electrons. The minimum absolute atomic E-state index is 0.0259. The predicted octanol–water partition coefficient (Wildman–Crippen LogP) is 3.72. The van der Waals surface area contributed by atoms with Crippen LogP contribution in [-0.4, -0.2) is 62.7 Å². The van der Waals surface area contributed by atoms with Gasteiger partial charge in [0.2, 0.25) is 0 Å². The van der Waals surface area contributed by atoms with Gasteiger partial charge in [-0.05, 0) is 18.1 Å². The van der Waals surface area contributed by atoms with Gasteiger partial charge in [-0.15, -0.1) is 0 Å². The number of fused-ring (bicyclic) bond motifs is 2. The smallest absolute Gasteiger partial charge is 0.464 e. The molecule has 9 heteroatoms. The molecule has 36 heavy (non-hydrogen) atoms. The lowest BCUT2D eigenvalue weighted by Crippen LogP contribution is -2.58. The molecule has 0 aromatic heterocycles. The minimum Gasteiger partial charge on any atom is -0.464 e. The second-order valence-corrected chi connectivity index (χ2v) is 8.21. The third kappa shape index (κ3) is 6.30. The summed E-state index contributed by atoms with van der Waals surface area (Å²) in [6, 6.07) is 18.5. The maximum atomic E-state index is 12.9. The highest BCUT2D eigenvalue weighted by molar-refractivity contribution is 5.76. The van der Waals surface area contributed by atoms with Gasteiger partial charge in [0.1, 0.15) is 24.9 Å². The lowest BCUT2D eigenvalue weighted by atomic mass is 9.99. The molecule has 2 bridgehead atoms. The molecular weight excluding hydrogens is 468 g/mol. The van der Waals surface area contributed by atoms with Crippen molar-refractivity contribution in [3.8, 4) is 0 Å². The molecule has 2 aliphatic heterocycles. The maximum absolute atomic E-state index is 12.9. The molecule has 0 aliphatic carbocycles. The Morgan fingerprint density at radius 1 is 1.03 bits per heavy atom. The quantitative estimate of drug-likeness (QED) is 0.339. The summed E-state index contributed by atoms with van der Waals surface area (Å²) in [6.07, 6.45) is -4.72. The molecule has 0 spiro atoms. The Hall–Kier alpha value is -3.24. The normalized spacial score (nSPS) is 25.5. The average Bonchev–Trinajstić information content (AvgIpc) is 3.33. The summed E-state index contributed by atoms with van der Waals surface area (Å²) in [5, 5.41) is 0. The maximum Gasteiger partial charge on any atom is 0.509 e. The van der Waals surface area contributed by atoms with Crippen molar-refractivity contribution in [1.29, 1.82) is 0 Å². The largest absolute Gasteiger partial charge is 0.509 e. The third-order valence-corrected chi connectivity index (χ3v) is 5.75. The summed E-state index contributed by atoms with van der Waals surface area (Å²) in [7, 11) is 0. The predicted molar refractivity (Wildman–Crippen MR) is 127 cm³/mol. The Labute approximate surface area is 209 Å². The monoisotopic (exact) mass is 498 g/mol. The van der Waals surface area contributed by atoms with Crippen molar-refractivity contribution in [3.63, 3.8) is 0 Å². The molecule has 0 N–H and O–H groups in total. The van der Waals surface area contributed by atoms with E-state index < -0.39 is 48.9 Å². The summed E-state index contributed by atoms with van der Waals surface area (Å²) in [5.41, 5.74) is 1.50. The van der Waals surface area contributed by atoms with Gasteiger partial charge in [0.25, 0.3) is 0 Å². The van der Waals surface area contributed by atoms with Gasteiger partial charge in [0, 0.05) is 0 Å². The van der Waals surface area contributed by atoms with Crippen molar-refractivity contribution in [2.75, 3.05) is 19.8 Å². The fourth-order valence-corrected chi connectivity index (χ4v) is 4.13. The molecule has 0 unspecified atom stereocenters. The van der Waals surface area contributed by atoms with E-state index in [2.05, 4.69) is 6.58 Å². The molecule has 0 saturated carbocycles. The van der Waals surface area contributed by atoms with E-state index in [0.29, 0.717) is 5.56 Å². The fraction of sp³-hybridized carbons (Fsp3) is 0.407. The van der Waals surface area contributed by atoms with Crippen LogP contribution < -0.4 is 0 Å². The van der Waals surface area contributed by atoms with E-state index in [1.807, 2.05) is 36.4 Å². The fourth-order valence-electron chi connectivity index (χ4n) is 4.13. The highest BCUT2D eigenvalue weighted by atomic mass is 16.8.